The summed E-state index contributed by atoms with van der Waals surface area (Å²) in [6.07, 6.45) is 5.46. The van der Waals surface area contributed by atoms with Gasteiger partial charge < -0.3 is 30.0 Å². The highest BCUT2D eigenvalue weighted by Crippen LogP contribution is 2.36. The van der Waals surface area contributed by atoms with Gasteiger partial charge in [-0.3, -0.25) is 4.79 Å². The minimum Gasteiger partial charge on any atom is -0.454 e. The predicted molar refractivity (Wildman–Crippen MR) is 117 cm³/mol. The zero-order valence-corrected chi connectivity index (χ0v) is 18.6. The van der Waals surface area contributed by atoms with Gasteiger partial charge in [-0.15, -0.1) is 0 Å². The highest BCUT2D eigenvalue weighted by Gasteiger charge is 2.22. The molecular weight excluding hydrogens is 433 g/mol. The Morgan fingerprint density at radius 3 is 2.55 bits per heavy atom. The van der Waals surface area contributed by atoms with Crippen LogP contribution in [0.15, 0.2) is 30.5 Å². The molecule has 2 heterocycles. The summed E-state index contributed by atoms with van der Waals surface area (Å²) >= 11 is 0. The first kappa shape index (κ1) is 24.1. The van der Waals surface area contributed by atoms with Crippen molar-refractivity contribution < 1.29 is 32.9 Å². The maximum absolute atomic E-state index is 13.7. The van der Waals surface area contributed by atoms with Gasteiger partial charge in [0.25, 0.3) is 5.91 Å². The molecule has 0 radical (unpaired) electrons. The van der Waals surface area contributed by atoms with E-state index in [0.29, 0.717) is 17.2 Å². The number of carbonyl (C=O) groups is 2. The van der Waals surface area contributed by atoms with Gasteiger partial charge in [0, 0.05) is 12.1 Å². The Bertz CT molecular complexity index is 979. The molecular formula is C23H28FN3O6. The molecule has 178 valence electrons. The highest BCUT2D eigenvalue weighted by molar-refractivity contribution is 5.96. The normalized spacial score (nSPS) is 14.8. The number of hydrogen-bond acceptors (Lipinski definition) is 7. The number of nitrogens with zero attached hydrogens (tertiary/aromatic N) is 1. The van der Waals surface area contributed by atoms with Crippen LogP contribution in [-0.4, -0.2) is 35.9 Å². The van der Waals surface area contributed by atoms with Crippen molar-refractivity contribution in [3.05, 3.63) is 41.8 Å². The van der Waals surface area contributed by atoms with E-state index in [9.17, 15) is 14.0 Å². The van der Waals surface area contributed by atoms with Crippen LogP contribution < -0.4 is 25.3 Å². The van der Waals surface area contributed by atoms with E-state index in [1.807, 2.05) is 0 Å². The summed E-state index contributed by atoms with van der Waals surface area (Å²) in [6.45, 7) is 3.64. The van der Waals surface area contributed by atoms with Gasteiger partial charge in [0.2, 0.25) is 12.7 Å². The molecule has 10 heteroatoms. The lowest BCUT2D eigenvalue weighted by Crippen LogP contribution is -2.36. The van der Waals surface area contributed by atoms with E-state index in [1.165, 1.54) is 6.42 Å². The number of pyridine rings is 1. The summed E-state index contributed by atoms with van der Waals surface area (Å²) < 4.78 is 34.4. The van der Waals surface area contributed by atoms with E-state index < -0.39 is 11.9 Å². The number of benzene rings is 1. The lowest BCUT2D eigenvalue weighted by molar-refractivity contribution is 0.0924. The number of primary amides is 1. The van der Waals surface area contributed by atoms with Crippen LogP contribution in [0, 0.1) is 5.82 Å². The van der Waals surface area contributed by atoms with Crippen molar-refractivity contribution in [2.45, 2.75) is 58.1 Å². The fraction of sp³-hybridized carbons (Fsp3) is 0.435. The first-order chi connectivity index (χ1) is 15.8. The lowest BCUT2D eigenvalue weighted by Gasteiger charge is -2.23. The molecule has 0 saturated heterocycles. The minimum atomic E-state index is -0.713. The summed E-state index contributed by atoms with van der Waals surface area (Å²) in [5.74, 6) is 0.702. The largest absolute Gasteiger partial charge is 0.454 e. The minimum absolute atomic E-state index is 0.0542. The molecule has 1 aromatic carbocycles. The van der Waals surface area contributed by atoms with Crippen LogP contribution in [-0.2, 0) is 4.74 Å². The van der Waals surface area contributed by atoms with E-state index in [-0.39, 0.29) is 36.3 Å². The third-order valence-electron chi connectivity index (χ3n) is 4.91. The Hall–Kier alpha value is -3.56. The quantitative estimate of drug-likeness (QED) is 0.681. The standard InChI is InChI=1S/C19H19FN2O4.C4H9NO2/c20-12-8-15(18(23)22-13-4-2-1-3-5-13)19(21-10-12)26-14-6-7-16-17(9-14)25-11-24-16;1-3(2)7-4(5)6/h6-10,13H,1-5,11H2,(H,22,23);3H,1-2H3,(H2,5,6). The molecule has 1 fully saturated rings. The van der Waals surface area contributed by atoms with Crippen molar-refractivity contribution in [3.8, 4) is 23.1 Å². The number of aromatic nitrogens is 1. The molecule has 1 saturated carbocycles. The summed E-state index contributed by atoms with van der Waals surface area (Å²) in [5.41, 5.74) is 4.71. The zero-order chi connectivity index (χ0) is 23.8. The van der Waals surface area contributed by atoms with Gasteiger partial charge in [-0.25, -0.2) is 14.2 Å². The number of fused-ring (bicyclic) bond motifs is 1. The molecule has 1 aliphatic carbocycles. The molecule has 2 aromatic rings. The number of halogens is 1. The molecule has 4 rings (SSSR count). The van der Waals surface area contributed by atoms with Crippen LogP contribution in [0.3, 0.4) is 0 Å². The third kappa shape index (κ3) is 7.23. The molecule has 9 nitrogen and oxygen atoms in total. The Morgan fingerprint density at radius 1 is 1.15 bits per heavy atom. The van der Waals surface area contributed by atoms with Crippen molar-refractivity contribution >= 4 is 12.0 Å². The first-order valence-corrected chi connectivity index (χ1v) is 10.8. The van der Waals surface area contributed by atoms with Crippen molar-refractivity contribution in [2.24, 2.45) is 5.73 Å². The van der Waals surface area contributed by atoms with E-state index in [0.717, 1.165) is 37.9 Å². The molecule has 0 bridgehead atoms. The van der Waals surface area contributed by atoms with Gasteiger partial charge >= 0.3 is 6.09 Å². The van der Waals surface area contributed by atoms with E-state index >= 15 is 0 Å². The first-order valence-electron chi connectivity index (χ1n) is 10.8. The summed E-state index contributed by atoms with van der Waals surface area (Å²) in [4.78, 5) is 26.4. The SMILES string of the molecule is CC(C)OC(N)=O.O=C(NC1CCCCC1)c1cc(F)cnc1Oc1ccc2c(c1)OCO2. The Labute approximate surface area is 191 Å². The van der Waals surface area contributed by atoms with Gasteiger partial charge in [0.1, 0.15) is 17.1 Å². The number of ether oxygens (including phenoxy) is 4. The van der Waals surface area contributed by atoms with Crippen molar-refractivity contribution in [1.29, 1.82) is 0 Å². The topological polar surface area (TPSA) is 122 Å². The smallest absolute Gasteiger partial charge is 0.404 e. The molecule has 1 aliphatic heterocycles. The van der Waals surface area contributed by atoms with Crippen LogP contribution in [0.4, 0.5) is 9.18 Å². The molecule has 2 amide bonds. The number of carbonyl (C=O) groups excluding carboxylic acids is 2. The monoisotopic (exact) mass is 461 g/mol. The predicted octanol–water partition coefficient (Wildman–Crippen LogP) is 4.29. The van der Waals surface area contributed by atoms with Crippen molar-refractivity contribution in [2.75, 3.05) is 6.79 Å². The van der Waals surface area contributed by atoms with Crippen molar-refractivity contribution in [3.63, 3.8) is 0 Å². The lowest BCUT2D eigenvalue weighted by atomic mass is 9.95. The number of nitrogens with one attached hydrogen (secondary N) is 1. The molecule has 1 aromatic heterocycles. The van der Waals surface area contributed by atoms with Crippen molar-refractivity contribution in [1.82, 2.24) is 10.3 Å². The van der Waals surface area contributed by atoms with Crippen LogP contribution in [0.2, 0.25) is 0 Å². The Morgan fingerprint density at radius 2 is 1.88 bits per heavy atom. The molecule has 0 unspecified atom stereocenters. The molecule has 0 spiro atoms. The van der Waals surface area contributed by atoms with Gasteiger partial charge in [0.05, 0.1) is 12.3 Å². The molecule has 33 heavy (non-hydrogen) atoms. The van der Waals surface area contributed by atoms with E-state index in [2.05, 4.69) is 20.8 Å². The summed E-state index contributed by atoms with van der Waals surface area (Å²) in [6, 6.07) is 6.30. The number of rotatable bonds is 5. The van der Waals surface area contributed by atoms with Crippen LogP contribution >= 0.6 is 0 Å². The van der Waals surface area contributed by atoms with Crippen LogP contribution in [0.25, 0.3) is 0 Å². The van der Waals surface area contributed by atoms with Gasteiger partial charge in [-0.05, 0) is 44.9 Å². The molecule has 3 N–H and O–H groups in total. The highest BCUT2D eigenvalue weighted by atomic mass is 19.1. The second-order valence-electron chi connectivity index (χ2n) is 7.92. The Kier molecular flexibility index (Phi) is 8.28. The van der Waals surface area contributed by atoms with E-state index in [1.54, 1.807) is 32.0 Å². The fourth-order valence-corrected chi connectivity index (χ4v) is 3.47. The summed E-state index contributed by atoms with van der Waals surface area (Å²) in [5, 5.41) is 2.96. The average Bonchev–Trinajstić information content (AvgIpc) is 3.23. The maximum atomic E-state index is 13.7. The maximum Gasteiger partial charge on any atom is 0.404 e. The Balaban J connectivity index is 0.000000383. The average molecular weight is 461 g/mol. The zero-order valence-electron chi connectivity index (χ0n) is 18.6. The number of hydrogen-bond donors (Lipinski definition) is 2. The second-order valence-corrected chi connectivity index (χ2v) is 7.92. The van der Waals surface area contributed by atoms with Gasteiger partial charge in [-0.2, -0.15) is 0 Å². The third-order valence-corrected chi connectivity index (χ3v) is 4.91. The van der Waals surface area contributed by atoms with Crippen LogP contribution in [0.5, 0.6) is 23.1 Å². The molecule has 0 atom stereocenters. The number of nitrogens with two attached hydrogens (primary N) is 1. The number of amides is 2. The summed E-state index contributed by atoms with van der Waals surface area (Å²) in [7, 11) is 0. The van der Waals surface area contributed by atoms with Gasteiger partial charge in [0.15, 0.2) is 11.5 Å². The second kappa shape index (κ2) is 11.3. The van der Waals surface area contributed by atoms with Gasteiger partial charge in [-0.1, -0.05) is 19.3 Å². The van der Waals surface area contributed by atoms with Crippen LogP contribution in [0.1, 0.15) is 56.3 Å². The van der Waals surface area contributed by atoms with E-state index in [4.69, 9.17) is 14.2 Å². The fourth-order valence-electron chi connectivity index (χ4n) is 3.47. The molecule has 2 aliphatic rings.